The summed E-state index contributed by atoms with van der Waals surface area (Å²) < 4.78 is 7.02. The van der Waals surface area contributed by atoms with Crippen LogP contribution in [0.3, 0.4) is 0 Å². The molecule has 5 heteroatoms. The molecule has 32 heavy (non-hydrogen) atoms. The Kier molecular flexibility index (Phi) is 7.41. The van der Waals surface area contributed by atoms with Gasteiger partial charge < -0.3 is 4.42 Å². The van der Waals surface area contributed by atoms with Crippen molar-refractivity contribution in [3.05, 3.63) is 84.3 Å². The number of carbonyl (C=O) groups is 1. The number of hydrogen-bond donors (Lipinski definition) is 0. The third kappa shape index (κ3) is 5.65. The third-order valence-corrected chi connectivity index (χ3v) is 12.3. The fourth-order valence-corrected chi connectivity index (χ4v) is 7.79. The number of nitrogens with zero attached hydrogens (tertiary/aromatic N) is 2. The first-order chi connectivity index (χ1) is 15.4. The van der Waals surface area contributed by atoms with Gasteiger partial charge in [0.05, 0.1) is 6.26 Å². The SMILES string of the molecule is [CH3][Sn]([CH3])([CH3])[c]1ccc(CCN2CCC(N(C(=O)c3ccco3)c3ccccc3)CC2)cc1. The van der Waals surface area contributed by atoms with Gasteiger partial charge in [0.2, 0.25) is 0 Å². The van der Waals surface area contributed by atoms with Gasteiger partial charge in [-0.05, 0) is 24.3 Å². The van der Waals surface area contributed by atoms with E-state index in [0.717, 1.165) is 44.6 Å². The van der Waals surface area contributed by atoms with Crippen molar-refractivity contribution < 1.29 is 9.21 Å². The molecular weight excluding hydrogens is 503 g/mol. The van der Waals surface area contributed by atoms with E-state index in [2.05, 4.69) is 44.0 Å². The molecule has 1 amide bonds. The molecule has 1 aliphatic heterocycles. The van der Waals surface area contributed by atoms with E-state index in [1.165, 1.54) is 5.56 Å². The first-order valence-electron chi connectivity index (χ1n) is 11.7. The summed E-state index contributed by atoms with van der Waals surface area (Å²) >= 11 is -1.97. The van der Waals surface area contributed by atoms with Crippen molar-refractivity contribution in [2.45, 2.75) is 40.1 Å². The van der Waals surface area contributed by atoms with Gasteiger partial charge in [0.15, 0.2) is 5.76 Å². The van der Waals surface area contributed by atoms with Crippen LogP contribution in [0.25, 0.3) is 0 Å². The second-order valence-corrected chi connectivity index (χ2v) is 24.2. The van der Waals surface area contributed by atoms with Crippen molar-refractivity contribution in [3.8, 4) is 0 Å². The van der Waals surface area contributed by atoms with Crippen LogP contribution in [0.15, 0.2) is 77.4 Å². The van der Waals surface area contributed by atoms with Crippen molar-refractivity contribution >= 4 is 33.6 Å². The molecule has 0 N–H and O–H groups in total. The first-order valence-corrected chi connectivity index (χ1v) is 21.6. The van der Waals surface area contributed by atoms with Crippen molar-refractivity contribution in [2.24, 2.45) is 0 Å². The summed E-state index contributed by atoms with van der Waals surface area (Å²) in [6, 6.07) is 23.1. The number of rotatable bonds is 7. The van der Waals surface area contributed by atoms with E-state index < -0.39 is 18.4 Å². The molecule has 168 valence electrons. The molecule has 1 aliphatic rings. The van der Waals surface area contributed by atoms with Crippen molar-refractivity contribution in [1.82, 2.24) is 4.90 Å². The van der Waals surface area contributed by atoms with Crippen LogP contribution in [0.2, 0.25) is 14.8 Å². The molecule has 3 aromatic rings. The fourth-order valence-electron chi connectivity index (χ4n) is 4.46. The normalized spacial score (nSPS) is 15.6. The van der Waals surface area contributed by atoms with E-state index in [1.807, 2.05) is 35.2 Å². The summed E-state index contributed by atoms with van der Waals surface area (Å²) in [5.41, 5.74) is 2.36. The molecular formula is C27H34N2O2Sn. The summed E-state index contributed by atoms with van der Waals surface area (Å²) in [5, 5.41) is 0. The van der Waals surface area contributed by atoms with Gasteiger partial charge in [-0.2, -0.15) is 0 Å². The van der Waals surface area contributed by atoms with E-state index in [1.54, 1.807) is 22.0 Å². The minimum absolute atomic E-state index is 0.0519. The number of likely N-dealkylation sites (tertiary alicyclic amines) is 1. The number of furan rings is 1. The van der Waals surface area contributed by atoms with E-state index >= 15 is 0 Å². The van der Waals surface area contributed by atoms with Gasteiger partial charge in [0.25, 0.3) is 0 Å². The molecule has 0 aliphatic carbocycles. The molecule has 0 spiro atoms. The molecule has 0 radical (unpaired) electrons. The zero-order chi connectivity index (χ0) is 22.6. The van der Waals surface area contributed by atoms with Crippen molar-refractivity contribution in [2.75, 3.05) is 24.5 Å². The molecule has 2 heterocycles. The molecule has 0 unspecified atom stereocenters. The Morgan fingerprint density at radius 3 is 2.25 bits per heavy atom. The van der Waals surface area contributed by atoms with Gasteiger partial charge in [0.1, 0.15) is 0 Å². The van der Waals surface area contributed by atoms with Crippen LogP contribution in [-0.4, -0.2) is 54.9 Å². The Morgan fingerprint density at radius 1 is 0.969 bits per heavy atom. The van der Waals surface area contributed by atoms with Gasteiger partial charge in [-0.1, -0.05) is 18.2 Å². The quantitative estimate of drug-likeness (QED) is 0.390. The summed E-state index contributed by atoms with van der Waals surface area (Å²) in [4.78, 5) is 25.1. The monoisotopic (exact) mass is 538 g/mol. The molecule has 0 bridgehead atoms. The van der Waals surface area contributed by atoms with Crippen LogP contribution >= 0.6 is 0 Å². The molecule has 4 rings (SSSR count). The van der Waals surface area contributed by atoms with Crippen LogP contribution < -0.4 is 8.48 Å². The molecule has 2 aromatic carbocycles. The van der Waals surface area contributed by atoms with Crippen molar-refractivity contribution in [3.63, 3.8) is 0 Å². The molecule has 0 saturated carbocycles. The van der Waals surface area contributed by atoms with Gasteiger partial charge in [-0.3, -0.25) is 4.79 Å². The van der Waals surface area contributed by atoms with E-state index in [4.69, 9.17) is 4.42 Å². The van der Waals surface area contributed by atoms with E-state index in [-0.39, 0.29) is 11.9 Å². The summed E-state index contributed by atoms with van der Waals surface area (Å²) in [6.07, 6.45) is 4.59. The molecule has 0 atom stereocenters. The Hall–Kier alpha value is -2.05. The maximum atomic E-state index is 13.2. The topological polar surface area (TPSA) is 36.7 Å². The Labute approximate surface area is 196 Å². The van der Waals surface area contributed by atoms with E-state index in [9.17, 15) is 4.79 Å². The molecule has 1 aromatic heterocycles. The Bertz CT molecular complexity index is 986. The zero-order valence-electron chi connectivity index (χ0n) is 19.5. The Balaban J connectivity index is 1.36. The average Bonchev–Trinajstić information content (AvgIpc) is 3.34. The molecule has 1 saturated heterocycles. The summed E-state index contributed by atoms with van der Waals surface area (Å²) in [6.45, 7) is 3.09. The van der Waals surface area contributed by atoms with Gasteiger partial charge in [-0.25, -0.2) is 0 Å². The zero-order valence-corrected chi connectivity index (χ0v) is 22.3. The maximum absolute atomic E-state index is 13.2. The van der Waals surface area contributed by atoms with E-state index in [0.29, 0.717) is 5.76 Å². The van der Waals surface area contributed by atoms with Gasteiger partial charge in [-0.15, -0.1) is 0 Å². The predicted molar refractivity (Wildman–Crippen MR) is 135 cm³/mol. The number of benzene rings is 2. The molecule has 1 fully saturated rings. The van der Waals surface area contributed by atoms with Crippen LogP contribution in [0.5, 0.6) is 0 Å². The fraction of sp³-hybridized carbons (Fsp3) is 0.370. The minimum atomic E-state index is -1.97. The first kappa shape index (κ1) is 23.1. The van der Waals surface area contributed by atoms with Gasteiger partial charge in [0, 0.05) is 0 Å². The molecule has 4 nitrogen and oxygen atoms in total. The predicted octanol–water partition coefficient (Wildman–Crippen LogP) is 5.18. The number of amides is 1. The third-order valence-electron chi connectivity index (χ3n) is 6.44. The standard InChI is InChI=1S/C24H25N2O2.3CH3.Sn/c27-24(23-12-7-19-28-23)26(21-10-5-2-6-11-21)22-14-17-25(18-15-22)16-13-20-8-3-1-4-9-20;;;;/h2-12,19,22H,13-18H2;3*1H3;. The summed E-state index contributed by atoms with van der Waals surface area (Å²) in [7, 11) is 0. The van der Waals surface area contributed by atoms with Crippen molar-refractivity contribution in [1.29, 1.82) is 0 Å². The second kappa shape index (κ2) is 10.3. The van der Waals surface area contributed by atoms with Crippen LogP contribution in [0, 0.1) is 0 Å². The van der Waals surface area contributed by atoms with Crippen LogP contribution in [0.1, 0.15) is 29.0 Å². The number of para-hydroxylation sites is 1. The number of carbonyl (C=O) groups excluding carboxylic acids is 1. The van der Waals surface area contributed by atoms with Crippen LogP contribution in [-0.2, 0) is 6.42 Å². The van der Waals surface area contributed by atoms with Gasteiger partial charge >= 0.3 is 133 Å². The van der Waals surface area contributed by atoms with Crippen LogP contribution in [0.4, 0.5) is 5.69 Å². The second-order valence-electron chi connectivity index (χ2n) is 9.76. The number of hydrogen-bond acceptors (Lipinski definition) is 3. The average molecular weight is 537 g/mol. The Morgan fingerprint density at radius 2 is 1.66 bits per heavy atom. The number of anilines is 1. The summed E-state index contributed by atoms with van der Waals surface area (Å²) in [5.74, 6) is 0.351. The number of piperidine rings is 1.